The second kappa shape index (κ2) is 5.43. The Bertz CT molecular complexity index is 678. The minimum Gasteiger partial charge on any atom is -0.281 e. The third-order valence-corrected chi connectivity index (χ3v) is 3.53. The predicted molar refractivity (Wildman–Crippen MR) is 76.3 cm³/mol. The predicted octanol–water partition coefficient (Wildman–Crippen LogP) is 1.21. The molecule has 1 aromatic carbocycles. The van der Waals surface area contributed by atoms with Crippen molar-refractivity contribution in [2.75, 3.05) is 0 Å². The lowest BCUT2D eigenvalue weighted by atomic mass is 10.3. The van der Waals surface area contributed by atoms with Gasteiger partial charge in [0.25, 0.3) is 6.29 Å². The Morgan fingerprint density at radius 1 is 1.19 bits per heavy atom. The number of aryl methyl sites for hydroxylation is 1. The maximum absolute atomic E-state index is 11.5. The monoisotopic (exact) mass is 288 g/mol. The zero-order chi connectivity index (χ0) is 14.8. The van der Waals surface area contributed by atoms with Crippen LogP contribution in [0.15, 0.2) is 30.6 Å². The standard InChI is InChI=1S/C14H17N5O2/c1-2-3-8-18-9-19(11-7-5-4-6-10(11)18)12-15-13(20)17-14(21)16-12/h4-7,9,12H,2-3,8H2,1H3,(H2-,15,16,17,20,21)/p+1. The zero-order valence-electron chi connectivity index (χ0n) is 11.8. The fourth-order valence-corrected chi connectivity index (χ4v) is 2.51. The van der Waals surface area contributed by atoms with Gasteiger partial charge in [-0.25, -0.2) is 14.2 Å². The summed E-state index contributed by atoms with van der Waals surface area (Å²) in [6.07, 6.45) is 3.52. The summed E-state index contributed by atoms with van der Waals surface area (Å²) in [4.78, 5) is 22.9. The first kappa shape index (κ1) is 13.4. The maximum atomic E-state index is 11.5. The number of unbranched alkanes of at least 4 members (excludes halogenated alkanes) is 1. The number of fused-ring (bicyclic) bond motifs is 1. The molecule has 0 spiro atoms. The van der Waals surface area contributed by atoms with Crippen molar-refractivity contribution in [3.05, 3.63) is 30.6 Å². The van der Waals surface area contributed by atoms with E-state index in [9.17, 15) is 9.59 Å². The number of nitrogens with zero attached hydrogens (tertiary/aromatic N) is 2. The Labute approximate surface area is 121 Å². The van der Waals surface area contributed by atoms with E-state index in [4.69, 9.17) is 0 Å². The van der Waals surface area contributed by atoms with E-state index < -0.39 is 18.4 Å². The number of carbonyl (C=O) groups is 2. The van der Waals surface area contributed by atoms with E-state index >= 15 is 0 Å². The van der Waals surface area contributed by atoms with Crippen LogP contribution < -0.4 is 20.5 Å². The molecule has 2 aromatic rings. The van der Waals surface area contributed by atoms with Gasteiger partial charge in [0, 0.05) is 0 Å². The topological polar surface area (TPSA) is 79.0 Å². The normalized spacial score (nSPS) is 15.7. The number of imide groups is 1. The first-order chi connectivity index (χ1) is 10.2. The summed E-state index contributed by atoms with van der Waals surface area (Å²) < 4.78 is 4.00. The van der Waals surface area contributed by atoms with Crippen molar-refractivity contribution in [3.8, 4) is 0 Å². The molecule has 0 bridgehead atoms. The number of hydrogen-bond acceptors (Lipinski definition) is 2. The zero-order valence-corrected chi connectivity index (χ0v) is 11.8. The third kappa shape index (κ3) is 2.54. The van der Waals surface area contributed by atoms with E-state index in [1.807, 2.05) is 35.2 Å². The highest BCUT2D eigenvalue weighted by molar-refractivity contribution is 5.95. The minimum atomic E-state index is -0.584. The number of hydrogen-bond donors (Lipinski definition) is 3. The lowest BCUT2D eigenvalue weighted by Crippen LogP contribution is -2.58. The first-order valence-electron chi connectivity index (χ1n) is 7.06. The number of amides is 4. The van der Waals surface area contributed by atoms with Crippen molar-refractivity contribution in [1.29, 1.82) is 0 Å². The quantitative estimate of drug-likeness (QED) is 0.739. The van der Waals surface area contributed by atoms with Gasteiger partial charge in [0.15, 0.2) is 11.0 Å². The Hall–Kier alpha value is -2.57. The molecule has 3 N–H and O–H groups in total. The fraction of sp³-hybridized carbons (Fsp3) is 0.357. The maximum Gasteiger partial charge on any atom is 0.327 e. The van der Waals surface area contributed by atoms with Crippen molar-refractivity contribution in [2.45, 2.75) is 32.6 Å². The summed E-state index contributed by atoms with van der Waals surface area (Å²) >= 11 is 0. The van der Waals surface area contributed by atoms with Crippen LogP contribution in [-0.4, -0.2) is 16.6 Å². The number of imidazole rings is 1. The average Bonchev–Trinajstić information content (AvgIpc) is 2.83. The third-order valence-electron chi connectivity index (χ3n) is 3.53. The highest BCUT2D eigenvalue weighted by Crippen LogP contribution is 2.15. The number of rotatable bonds is 4. The molecule has 1 aromatic heterocycles. The summed E-state index contributed by atoms with van der Waals surface area (Å²) in [7, 11) is 0. The molecule has 1 fully saturated rings. The van der Waals surface area contributed by atoms with Gasteiger partial charge in [0.05, 0.1) is 6.54 Å². The van der Waals surface area contributed by atoms with Gasteiger partial charge in [-0.05, 0) is 18.6 Å². The number of nitrogens with one attached hydrogen (secondary N) is 3. The number of urea groups is 2. The van der Waals surface area contributed by atoms with E-state index in [2.05, 4.69) is 27.4 Å². The molecule has 0 unspecified atom stereocenters. The number of para-hydroxylation sites is 2. The smallest absolute Gasteiger partial charge is 0.281 e. The van der Waals surface area contributed by atoms with Gasteiger partial charge in [-0.1, -0.05) is 25.5 Å². The molecule has 0 radical (unpaired) electrons. The fourth-order valence-electron chi connectivity index (χ4n) is 2.51. The van der Waals surface area contributed by atoms with E-state index in [1.165, 1.54) is 0 Å². The molecule has 4 amide bonds. The number of aromatic nitrogens is 2. The molecule has 21 heavy (non-hydrogen) atoms. The molecule has 2 heterocycles. The molecule has 1 aliphatic rings. The lowest BCUT2D eigenvalue weighted by Gasteiger charge is -2.22. The van der Waals surface area contributed by atoms with Crippen LogP contribution in [0.3, 0.4) is 0 Å². The van der Waals surface area contributed by atoms with E-state index in [0.717, 1.165) is 30.4 Å². The molecule has 7 nitrogen and oxygen atoms in total. The van der Waals surface area contributed by atoms with Crippen molar-refractivity contribution in [3.63, 3.8) is 0 Å². The van der Waals surface area contributed by atoms with E-state index in [-0.39, 0.29) is 0 Å². The minimum absolute atomic E-state index is 0.498. The second-order valence-electron chi connectivity index (χ2n) is 5.03. The van der Waals surface area contributed by atoms with E-state index in [0.29, 0.717) is 0 Å². The van der Waals surface area contributed by atoms with Crippen LogP contribution >= 0.6 is 0 Å². The molecule has 110 valence electrons. The Balaban J connectivity index is 2.01. The van der Waals surface area contributed by atoms with Crippen LogP contribution in [0.2, 0.25) is 0 Å². The highest BCUT2D eigenvalue weighted by Gasteiger charge is 2.30. The van der Waals surface area contributed by atoms with Gasteiger partial charge in [-0.2, -0.15) is 4.57 Å². The van der Waals surface area contributed by atoms with Crippen LogP contribution in [0, 0.1) is 0 Å². The van der Waals surface area contributed by atoms with Crippen molar-refractivity contribution >= 4 is 23.1 Å². The number of carbonyl (C=O) groups excluding carboxylic acids is 2. The van der Waals surface area contributed by atoms with Crippen molar-refractivity contribution in [2.24, 2.45) is 0 Å². The SMILES string of the molecule is CCCC[n+]1cn(C2NC(=O)NC(=O)N2)c2ccccc21. The Morgan fingerprint density at radius 3 is 2.62 bits per heavy atom. The Morgan fingerprint density at radius 2 is 1.90 bits per heavy atom. The van der Waals surface area contributed by atoms with Gasteiger partial charge in [0.1, 0.15) is 0 Å². The van der Waals surface area contributed by atoms with Gasteiger partial charge in [0.2, 0.25) is 6.33 Å². The van der Waals surface area contributed by atoms with Gasteiger partial charge < -0.3 is 0 Å². The summed E-state index contributed by atoms with van der Waals surface area (Å²) in [5.74, 6) is 0. The molecule has 1 saturated heterocycles. The molecule has 7 heteroatoms. The summed E-state index contributed by atoms with van der Waals surface area (Å²) in [5.41, 5.74) is 2.04. The summed E-state index contributed by atoms with van der Waals surface area (Å²) in [5, 5.41) is 7.53. The van der Waals surface area contributed by atoms with Gasteiger partial charge >= 0.3 is 12.1 Å². The van der Waals surface area contributed by atoms with Crippen LogP contribution in [0.5, 0.6) is 0 Å². The highest BCUT2D eigenvalue weighted by atomic mass is 16.2. The van der Waals surface area contributed by atoms with Gasteiger partial charge in [-0.3, -0.25) is 16.0 Å². The van der Waals surface area contributed by atoms with Crippen LogP contribution in [0.4, 0.5) is 9.59 Å². The molecular formula is C14H18N5O2+. The van der Waals surface area contributed by atoms with Crippen LogP contribution in [-0.2, 0) is 6.54 Å². The summed E-state index contributed by atoms with van der Waals surface area (Å²) in [6.45, 7) is 3.05. The molecule has 3 rings (SSSR count). The molecule has 0 saturated carbocycles. The second-order valence-corrected chi connectivity index (χ2v) is 5.03. The number of benzene rings is 1. The van der Waals surface area contributed by atoms with Crippen molar-refractivity contribution < 1.29 is 14.2 Å². The molecule has 1 aliphatic heterocycles. The van der Waals surface area contributed by atoms with Gasteiger partial charge in [-0.15, -0.1) is 0 Å². The largest absolute Gasteiger partial charge is 0.327 e. The summed E-state index contributed by atoms with van der Waals surface area (Å²) in [6, 6.07) is 6.93. The molecule has 0 atom stereocenters. The Kier molecular flexibility index (Phi) is 3.47. The lowest BCUT2D eigenvalue weighted by molar-refractivity contribution is -0.672. The molecule has 0 aliphatic carbocycles. The van der Waals surface area contributed by atoms with E-state index in [1.54, 1.807) is 0 Å². The van der Waals surface area contributed by atoms with Crippen molar-refractivity contribution in [1.82, 2.24) is 20.5 Å². The first-order valence-corrected chi connectivity index (χ1v) is 7.06. The molecular weight excluding hydrogens is 270 g/mol. The average molecular weight is 288 g/mol. The van der Waals surface area contributed by atoms with Crippen LogP contribution in [0.25, 0.3) is 11.0 Å². The van der Waals surface area contributed by atoms with Crippen LogP contribution in [0.1, 0.15) is 26.1 Å².